The molecule has 16 heavy (non-hydrogen) atoms. The maximum atomic E-state index is 13.4. The molecule has 0 aliphatic carbocycles. The SMILES string of the molecule is O=Cc1cccc(-c2cc(F)ccc2F)n1. The highest BCUT2D eigenvalue weighted by Crippen LogP contribution is 2.21. The van der Waals surface area contributed by atoms with Crippen LogP contribution in [0.3, 0.4) is 0 Å². The molecule has 80 valence electrons. The van der Waals surface area contributed by atoms with Crippen molar-refractivity contribution in [1.29, 1.82) is 0 Å². The molecule has 1 aromatic carbocycles. The van der Waals surface area contributed by atoms with Crippen molar-refractivity contribution in [2.75, 3.05) is 0 Å². The van der Waals surface area contributed by atoms with Crippen LogP contribution in [0, 0.1) is 11.6 Å². The zero-order valence-corrected chi connectivity index (χ0v) is 8.15. The van der Waals surface area contributed by atoms with Gasteiger partial charge in [0.05, 0.1) is 5.69 Å². The Morgan fingerprint density at radius 1 is 1.12 bits per heavy atom. The van der Waals surface area contributed by atoms with Gasteiger partial charge in [-0.15, -0.1) is 0 Å². The number of halogens is 2. The van der Waals surface area contributed by atoms with Gasteiger partial charge in [-0.1, -0.05) is 6.07 Å². The number of pyridine rings is 1. The maximum absolute atomic E-state index is 13.4. The van der Waals surface area contributed by atoms with E-state index in [2.05, 4.69) is 4.98 Å². The Hall–Kier alpha value is -2.10. The topological polar surface area (TPSA) is 30.0 Å². The lowest BCUT2D eigenvalue weighted by Crippen LogP contribution is -1.92. The molecule has 0 aliphatic heterocycles. The van der Waals surface area contributed by atoms with E-state index in [9.17, 15) is 13.6 Å². The summed E-state index contributed by atoms with van der Waals surface area (Å²) >= 11 is 0. The van der Waals surface area contributed by atoms with E-state index < -0.39 is 11.6 Å². The summed E-state index contributed by atoms with van der Waals surface area (Å²) in [6.07, 6.45) is 0.556. The molecule has 0 unspecified atom stereocenters. The summed E-state index contributed by atoms with van der Waals surface area (Å²) in [5, 5.41) is 0. The quantitative estimate of drug-likeness (QED) is 0.727. The van der Waals surface area contributed by atoms with Gasteiger partial charge in [0.2, 0.25) is 0 Å². The third-order valence-corrected chi connectivity index (χ3v) is 2.10. The molecule has 0 saturated carbocycles. The molecule has 0 bridgehead atoms. The van der Waals surface area contributed by atoms with Crippen molar-refractivity contribution in [3.8, 4) is 11.3 Å². The summed E-state index contributed by atoms with van der Waals surface area (Å²) in [6.45, 7) is 0. The van der Waals surface area contributed by atoms with Crippen LogP contribution < -0.4 is 0 Å². The zero-order valence-electron chi connectivity index (χ0n) is 8.15. The van der Waals surface area contributed by atoms with Gasteiger partial charge in [-0.25, -0.2) is 13.8 Å². The van der Waals surface area contributed by atoms with Gasteiger partial charge in [0.15, 0.2) is 6.29 Å². The van der Waals surface area contributed by atoms with E-state index in [0.29, 0.717) is 6.29 Å². The van der Waals surface area contributed by atoms with E-state index in [1.165, 1.54) is 12.1 Å². The van der Waals surface area contributed by atoms with Crippen LogP contribution in [0.25, 0.3) is 11.3 Å². The van der Waals surface area contributed by atoms with Gasteiger partial charge >= 0.3 is 0 Å². The first kappa shape index (κ1) is 10.4. The molecule has 0 atom stereocenters. The second-order valence-electron chi connectivity index (χ2n) is 3.19. The summed E-state index contributed by atoms with van der Waals surface area (Å²) in [6, 6.07) is 7.68. The molecule has 0 fully saturated rings. The zero-order chi connectivity index (χ0) is 11.5. The Kier molecular flexibility index (Phi) is 2.72. The Morgan fingerprint density at radius 3 is 2.69 bits per heavy atom. The van der Waals surface area contributed by atoms with E-state index >= 15 is 0 Å². The number of hydrogen-bond donors (Lipinski definition) is 0. The molecule has 2 rings (SSSR count). The van der Waals surface area contributed by atoms with Crippen molar-refractivity contribution in [2.45, 2.75) is 0 Å². The average Bonchev–Trinajstić information content (AvgIpc) is 2.32. The van der Waals surface area contributed by atoms with Crippen LogP contribution in [0.5, 0.6) is 0 Å². The molecule has 2 aromatic rings. The molecular weight excluding hydrogens is 212 g/mol. The first-order valence-corrected chi connectivity index (χ1v) is 4.58. The molecule has 2 nitrogen and oxygen atoms in total. The fourth-order valence-corrected chi connectivity index (χ4v) is 1.36. The highest BCUT2D eigenvalue weighted by molar-refractivity contribution is 5.73. The number of carbonyl (C=O) groups excluding carboxylic acids is 1. The predicted octanol–water partition coefficient (Wildman–Crippen LogP) is 2.84. The van der Waals surface area contributed by atoms with Crippen molar-refractivity contribution in [3.05, 3.63) is 53.7 Å². The van der Waals surface area contributed by atoms with Crippen LogP contribution in [0.2, 0.25) is 0 Å². The maximum Gasteiger partial charge on any atom is 0.168 e. The molecule has 0 N–H and O–H groups in total. The summed E-state index contributed by atoms with van der Waals surface area (Å²) in [4.78, 5) is 14.4. The first-order valence-electron chi connectivity index (χ1n) is 4.58. The molecule has 4 heteroatoms. The van der Waals surface area contributed by atoms with Gasteiger partial charge in [-0.05, 0) is 30.3 Å². The molecule has 0 aliphatic rings. The number of aromatic nitrogens is 1. The van der Waals surface area contributed by atoms with Crippen LogP contribution >= 0.6 is 0 Å². The average molecular weight is 219 g/mol. The van der Waals surface area contributed by atoms with E-state index in [4.69, 9.17) is 0 Å². The van der Waals surface area contributed by atoms with Gasteiger partial charge in [0.1, 0.15) is 17.3 Å². The lowest BCUT2D eigenvalue weighted by Gasteiger charge is -2.03. The van der Waals surface area contributed by atoms with Crippen molar-refractivity contribution in [2.24, 2.45) is 0 Å². The minimum atomic E-state index is -0.572. The Balaban J connectivity index is 2.57. The van der Waals surface area contributed by atoms with Crippen LogP contribution in [-0.4, -0.2) is 11.3 Å². The fourth-order valence-electron chi connectivity index (χ4n) is 1.36. The Bertz CT molecular complexity index is 540. The summed E-state index contributed by atoms with van der Waals surface area (Å²) < 4.78 is 26.3. The third-order valence-electron chi connectivity index (χ3n) is 2.10. The van der Waals surface area contributed by atoms with Crippen LogP contribution in [0.15, 0.2) is 36.4 Å². The van der Waals surface area contributed by atoms with E-state index in [-0.39, 0.29) is 17.0 Å². The summed E-state index contributed by atoms with van der Waals surface area (Å²) in [7, 11) is 0. The number of benzene rings is 1. The fraction of sp³-hybridized carbons (Fsp3) is 0. The molecule has 1 aromatic heterocycles. The van der Waals surface area contributed by atoms with Gasteiger partial charge in [-0.2, -0.15) is 0 Å². The predicted molar refractivity (Wildman–Crippen MR) is 55.0 cm³/mol. The monoisotopic (exact) mass is 219 g/mol. The second kappa shape index (κ2) is 4.18. The van der Waals surface area contributed by atoms with Crippen LogP contribution in [-0.2, 0) is 0 Å². The molecular formula is C12H7F2NO. The minimum absolute atomic E-state index is 0.0451. The molecule has 0 amide bonds. The van der Waals surface area contributed by atoms with Gasteiger partial charge in [0.25, 0.3) is 0 Å². The molecule has 1 heterocycles. The van der Waals surface area contributed by atoms with Gasteiger partial charge < -0.3 is 0 Å². The van der Waals surface area contributed by atoms with Crippen molar-refractivity contribution < 1.29 is 13.6 Å². The third kappa shape index (κ3) is 1.95. The summed E-state index contributed by atoms with van der Waals surface area (Å²) in [5.74, 6) is -1.12. The van der Waals surface area contributed by atoms with Crippen molar-refractivity contribution >= 4 is 6.29 Å². The molecule has 0 saturated heterocycles. The lowest BCUT2D eigenvalue weighted by atomic mass is 10.1. The number of hydrogen-bond acceptors (Lipinski definition) is 2. The molecule has 0 spiro atoms. The Labute approximate surface area is 90.6 Å². The standard InChI is InChI=1S/C12H7F2NO/c13-8-4-5-11(14)10(6-8)12-3-1-2-9(7-16)15-12/h1-7H. The second-order valence-corrected chi connectivity index (χ2v) is 3.19. The normalized spacial score (nSPS) is 10.1. The summed E-state index contributed by atoms with van der Waals surface area (Å²) in [5.41, 5.74) is 0.464. The van der Waals surface area contributed by atoms with Crippen molar-refractivity contribution in [3.63, 3.8) is 0 Å². The largest absolute Gasteiger partial charge is 0.296 e. The van der Waals surface area contributed by atoms with Crippen LogP contribution in [0.4, 0.5) is 8.78 Å². The first-order chi connectivity index (χ1) is 7.70. The minimum Gasteiger partial charge on any atom is -0.296 e. The lowest BCUT2D eigenvalue weighted by molar-refractivity contribution is 0.111. The van der Waals surface area contributed by atoms with Gasteiger partial charge in [0, 0.05) is 5.56 Å². The highest BCUT2D eigenvalue weighted by atomic mass is 19.1. The smallest absolute Gasteiger partial charge is 0.168 e. The van der Waals surface area contributed by atoms with E-state index in [1.54, 1.807) is 6.07 Å². The number of carbonyl (C=O) groups is 1. The van der Waals surface area contributed by atoms with E-state index in [0.717, 1.165) is 18.2 Å². The van der Waals surface area contributed by atoms with Crippen molar-refractivity contribution in [1.82, 2.24) is 4.98 Å². The number of rotatable bonds is 2. The molecule has 0 radical (unpaired) electrons. The Morgan fingerprint density at radius 2 is 1.94 bits per heavy atom. The van der Waals surface area contributed by atoms with Gasteiger partial charge in [-0.3, -0.25) is 4.79 Å². The van der Waals surface area contributed by atoms with Crippen LogP contribution in [0.1, 0.15) is 10.5 Å². The number of nitrogens with zero attached hydrogens (tertiary/aromatic N) is 1. The highest BCUT2D eigenvalue weighted by Gasteiger charge is 2.08. The van der Waals surface area contributed by atoms with E-state index in [1.807, 2.05) is 0 Å². The number of aldehydes is 1.